The molecule has 0 fully saturated rings. The molecule has 1 atom stereocenters. The predicted octanol–water partition coefficient (Wildman–Crippen LogP) is 3.01. The number of nitrogen functional groups attached to an aromatic ring is 1. The summed E-state index contributed by atoms with van der Waals surface area (Å²) in [5.74, 6) is -0.333. The van der Waals surface area contributed by atoms with E-state index in [0.29, 0.717) is 29.0 Å². The Morgan fingerprint density at radius 2 is 2.25 bits per heavy atom. The zero-order chi connectivity index (χ0) is 12.1. The van der Waals surface area contributed by atoms with Gasteiger partial charge in [-0.2, -0.15) is 0 Å². The summed E-state index contributed by atoms with van der Waals surface area (Å²) in [7, 11) is 0. The van der Waals surface area contributed by atoms with E-state index in [1.165, 1.54) is 6.07 Å². The molecule has 0 spiro atoms. The van der Waals surface area contributed by atoms with Gasteiger partial charge in [0.25, 0.3) is 0 Å². The van der Waals surface area contributed by atoms with E-state index in [2.05, 4.69) is 21.2 Å². The van der Waals surface area contributed by atoms with Crippen LogP contribution in [0, 0.1) is 5.82 Å². The lowest BCUT2D eigenvalue weighted by molar-refractivity contribution is 0.0855. The number of rotatable bonds is 5. The van der Waals surface area contributed by atoms with Crippen molar-refractivity contribution in [3.05, 3.63) is 22.4 Å². The molecule has 3 N–H and O–H groups in total. The number of ether oxygens (including phenoxy) is 1. The fourth-order valence-corrected chi connectivity index (χ4v) is 1.67. The first-order valence-corrected chi connectivity index (χ1v) is 5.93. The molecule has 90 valence electrons. The summed E-state index contributed by atoms with van der Waals surface area (Å²) in [6.45, 7) is 5.14. The first kappa shape index (κ1) is 13.3. The standard InChI is InChI=1S/C11H16BrFN2O/c1-3-16-7(2)6-15-11-5-9(13)8(12)4-10(11)14/h4-5,7,15H,3,6,14H2,1-2H3. The third kappa shape index (κ3) is 3.64. The van der Waals surface area contributed by atoms with Crippen molar-refractivity contribution >= 4 is 27.3 Å². The Hall–Kier alpha value is -0.810. The first-order valence-electron chi connectivity index (χ1n) is 5.14. The Labute approximate surface area is 103 Å². The molecule has 1 aromatic rings. The molecule has 0 bridgehead atoms. The van der Waals surface area contributed by atoms with Gasteiger partial charge in [0.05, 0.1) is 22.0 Å². The van der Waals surface area contributed by atoms with E-state index < -0.39 is 0 Å². The quantitative estimate of drug-likeness (QED) is 0.820. The molecule has 1 aromatic carbocycles. The van der Waals surface area contributed by atoms with Gasteiger partial charge >= 0.3 is 0 Å². The van der Waals surface area contributed by atoms with Gasteiger partial charge < -0.3 is 15.8 Å². The lowest BCUT2D eigenvalue weighted by Gasteiger charge is -2.15. The van der Waals surface area contributed by atoms with E-state index in [1.54, 1.807) is 6.07 Å². The van der Waals surface area contributed by atoms with Crippen molar-refractivity contribution in [1.29, 1.82) is 0 Å². The second-order valence-electron chi connectivity index (χ2n) is 3.50. The SMILES string of the molecule is CCOC(C)CNc1cc(F)c(Br)cc1N. The highest BCUT2D eigenvalue weighted by Crippen LogP contribution is 2.26. The Morgan fingerprint density at radius 3 is 2.88 bits per heavy atom. The number of nitrogens with two attached hydrogens (primary N) is 1. The molecule has 5 heteroatoms. The van der Waals surface area contributed by atoms with Crippen LogP contribution in [-0.4, -0.2) is 19.3 Å². The predicted molar refractivity (Wildman–Crippen MR) is 68.1 cm³/mol. The summed E-state index contributed by atoms with van der Waals surface area (Å²) in [4.78, 5) is 0. The van der Waals surface area contributed by atoms with E-state index in [9.17, 15) is 4.39 Å². The van der Waals surface area contributed by atoms with Gasteiger partial charge in [-0.25, -0.2) is 4.39 Å². The fourth-order valence-electron chi connectivity index (χ4n) is 1.31. The zero-order valence-corrected chi connectivity index (χ0v) is 11.0. The summed E-state index contributed by atoms with van der Waals surface area (Å²) >= 11 is 3.08. The average Bonchev–Trinajstić information content (AvgIpc) is 2.22. The lowest BCUT2D eigenvalue weighted by Crippen LogP contribution is -2.20. The smallest absolute Gasteiger partial charge is 0.139 e. The number of hydrogen-bond acceptors (Lipinski definition) is 3. The van der Waals surface area contributed by atoms with Crippen molar-refractivity contribution < 1.29 is 9.13 Å². The molecule has 0 heterocycles. The minimum Gasteiger partial charge on any atom is -0.397 e. The van der Waals surface area contributed by atoms with E-state index in [-0.39, 0.29) is 11.9 Å². The van der Waals surface area contributed by atoms with Gasteiger partial charge in [-0.05, 0) is 35.8 Å². The van der Waals surface area contributed by atoms with Crippen molar-refractivity contribution in [3.8, 4) is 0 Å². The third-order valence-electron chi connectivity index (χ3n) is 2.12. The summed E-state index contributed by atoms with van der Waals surface area (Å²) in [6.07, 6.45) is 0.0658. The van der Waals surface area contributed by atoms with E-state index in [0.717, 1.165) is 0 Å². The normalized spacial score (nSPS) is 12.5. The van der Waals surface area contributed by atoms with Crippen LogP contribution in [-0.2, 0) is 4.74 Å². The van der Waals surface area contributed by atoms with Gasteiger partial charge in [0, 0.05) is 19.2 Å². The van der Waals surface area contributed by atoms with Crippen LogP contribution in [0.15, 0.2) is 16.6 Å². The van der Waals surface area contributed by atoms with Crippen molar-refractivity contribution in [2.24, 2.45) is 0 Å². The number of hydrogen-bond donors (Lipinski definition) is 2. The number of halogens is 2. The van der Waals surface area contributed by atoms with Crippen molar-refractivity contribution in [3.63, 3.8) is 0 Å². The number of anilines is 2. The summed E-state index contributed by atoms with van der Waals surface area (Å²) in [5.41, 5.74) is 6.85. The van der Waals surface area contributed by atoms with Crippen LogP contribution in [0.25, 0.3) is 0 Å². The van der Waals surface area contributed by atoms with Crippen LogP contribution in [0.2, 0.25) is 0 Å². The molecule has 1 unspecified atom stereocenters. The highest BCUT2D eigenvalue weighted by atomic mass is 79.9. The minimum atomic E-state index is -0.333. The van der Waals surface area contributed by atoms with Gasteiger partial charge in [-0.15, -0.1) is 0 Å². The molecule has 0 amide bonds. The van der Waals surface area contributed by atoms with Crippen LogP contribution in [0.3, 0.4) is 0 Å². The zero-order valence-electron chi connectivity index (χ0n) is 9.39. The van der Waals surface area contributed by atoms with Crippen LogP contribution in [0.1, 0.15) is 13.8 Å². The first-order chi connectivity index (χ1) is 7.54. The van der Waals surface area contributed by atoms with E-state index in [4.69, 9.17) is 10.5 Å². The summed E-state index contributed by atoms with van der Waals surface area (Å²) in [5, 5.41) is 3.05. The second-order valence-corrected chi connectivity index (χ2v) is 4.35. The maximum absolute atomic E-state index is 13.3. The molecule has 0 saturated heterocycles. The Bertz CT molecular complexity index is 360. The lowest BCUT2D eigenvalue weighted by atomic mass is 10.2. The van der Waals surface area contributed by atoms with Gasteiger partial charge in [-0.3, -0.25) is 0 Å². The van der Waals surface area contributed by atoms with Crippen molar-refractivity contribution in [2.75, 3.05) is 24.2 Å². The molecule has 1 rings (SSSR count). The summed E-state index contributed by atoms with van der Waals surface area (Å²) in [6, 6.07) is 2.92. The fraction of sp³-hybridized carbons (Fsp3) is 0.455. The van der Waals surface area contributed by atoms with Gasteiger partial charge in [0.15, 0.2) is 0 Å². The van der Waals surface area contributed by atoms with E-state index in [1.807, 2.05) is 13.8 Å². The monoisotopic (exact) mass is 290 g/mol. The summed E-state index contributed by atoms with van der Waals surface area (Å²) < 4.78 is 19.0. The molecular formula is C11H16BrFN2O. The molecule has 0 radical (unpaired) electrons. The van der Waals surface area contributed by atoms with Gasteiger partial charge in [0.1, 0.15) is 5.82 Å². The highest BCUT2D eigenvalue weighted by molar-refractivity contribution is 9.10. The molecule has 0 aliphatic rings. The largest absolute Gasteiger partial charge is 0.397 e. The Balaban J connectivity index is 2.63. The molecule has 0 aliphatic heterocycles. The third-order valence-corrected chi connectivity index (χ3v) is 2.73. The van der Waals surface area contributed by atoms with Crippen LogP contribution in [0.5, 0.6) is 0 Å². The highest BCUT2D eigenvalue weighted by Gasteiger charge is 2.07. The van der Waals surface area contributed by atoms with E-state index >= 15 is 0 Å². The molecular weight excluding hydrogens is 275 g/mol. The Kier molecular flexibility index (Phi) is 5.02. The molecule has 0 aliphatic carbocycles. The minimum absolute atomic E-state index is 0.0658. The Morgan fingerprint density at radius 1 is 1.56 bits per heavy atom. The average molecular weight is 291 g/mol. The molecule has 3 nitrogen and oxygen atoms in total. The van der Waals surface area contributed by atoms with Crippen LogP contribution in [0.4, 0.5) is 15.8 Å². The molecule has 16 heavy (non-hydrogen) atoms. The van der Waals surface area contributed by atoms with Gasteiger partial charge in [0.2, 0.25) is 0 Å². The van der Waals surface area contributed by atoms with Crippen molar-refractivity contribution in [1.82, 2.24) is 0 Å². The second kappa shape index (κ2) is 6.06. The molecule has 0 aromatic heterocycles. The van der Waals surface area contributed by atoms with Crippen LogP contribution >= 0.6 is 15.9 Å². The van der Waals surface area contributed by atoms with Crippen molar-refractivity contribution in [2.45, 2.75) is 20.0 Å². The van der Waals surface area contributed by atoms with Gasteiger partial charge in [-0.1, -0.05) is 0 Å². The number of benzene rings is 1. The maximum Gasteiger partial charge on any atom is 0.139 e. The maximum atomic E-state index is 13.3. The molecule has 0 saturated carbocycles. The topological polar surface area (TPSA) is 47.3 Å². The number of nitrogens with one attached hydrogen (secondary N) is 1. The van der Waals surface area contributed by atoms with Crippen LogP contribution < -0.4 is 11.1 Å².